The number of carbonyl (C=O) groups excluding carboxylic acids is 1. The molecule has 1 fully saturated rings. The molecule has 8 heteroatoms. The number of hydrogen-bond donors (Lipinski definition) is 2. The summed E-state index contributed by atoms with van der Waals surface area (Å²) in [4.78, 5) is 30.5. The van der Waals surface area contributed by atoms with E-state index in [1.54, 1.807) is 0 Å². The monoisotopic (exact) mass is 451 g/mol. The van der Waals surface area contributed by atoms with Crippen molar-refractivity contribution in [3.05, 3.63) is 59.8 Å². The van der Waals surface area contributed by atoms with Crippen LogP contribution in [0, 0.1) is 13.8 Å². The standard InChI is InChI=1S/C25H29N3O5/c1-17-5-3-7-22(18(17)2)28-13-11-27(12-14-28)15-19(33-25(31)24(29)30)16-32-23-8-4-6-21-20(23)9-10-26-21/h3-10,19,26H,11-16H2,1-2H3,(H,29,30)/t19-/m0/s1. The number of aliphatic carboxylic acids is 1. The minimum Gasteiger partial charge on any atom is -0.489 e. The number of carbonyl (C=O) groups is 2. The highest BCUT2D eigenvalue weighted by Crippen LogP contribution is 2.26. The number of aromatic amines is 1. The number of nitrogens with one attached hydrogen (secondary N) is 1. The van der Waals surface area contributed by atoms with Gasteiger partial charge in [0.1, 0.15) is 18.5 Å². The molecule has 0 aliphatic carbocycles. The minimum atomic E-state index is -1.60. The van der Waals surface area contributed by atoms with E-state index in [9.17, 15) is 9.59 Å². The molecule has 8 nitrogen and oxygen atoms in total. The molecule has 0 radical (unpaired) electrons. The second kappa shape index (κ2) is 9.95. The molecule has 174 valence electrons. The van der Waals surface area contributed by atoms with E-state index in [-0.39, 0.29) is 6.61 Å². The van der Waals surface area contributed by atoms with Crippen molar-refractivity contribution in [2.75, 3.05) is 44.2 Å². The van der Waals surface area contributed by atoms with Crippen LogP contribution in [0.5, 0.6) is 5.75 Å². The Kier molecular flexibility index (Phi) is 6.84. The van der Waals surface area contributed by atoms with Gasteiger partial charge in [-0.15, -0.1) is 0 Å². The van der Waals surface area contributed by atoms with E-state index >= 15 is 0 Å². The predicted molar refractivity (Wildman–Crippen MR) is 126 cm³/mol. The maximum atomic E-state index is 11.8. The summed E-state index contributed by atoms with van der Waals surface area (Å²) in [6.07, 6.45) is 1.13. The SMILES string of the molecule is Cc1cccc(N2CCN(C[C@@H](COc3cccc4[nH]ccc34)OC(=O)C(=O)O)CC2)c1C. The van der Waals surface area contributed by atoms with Crippen molar-refractivity contribution in [3.63, 3.8) is 0 Å². The Balaban J connectivity index is 1.39. The van der Waals surface area contributed by atoms with Gasteiger partial charge in [0.2, 0.25) is 0 Å². The highest BCUT2D eigenvalue weighted by Gasteiger charge is 2.26. The number of aromatic nitrogens is 1. The molecule has 2 N–H and O–H groups in total. The van der Waals surface area contributed by atoms with E-state index in [0.29, 0.717) is 12.3 Å². The predicted octanol–water partition coefficient (Wildman–Crippen LogP) is 2.98. The minimum absolute atomic E-state index is 0.0700. The first-order chi connectivity index (χ1) is 15.9. The van der Waals surface area contributed by atoms with Gasteiger partial charge < -0.3 is 24.5 Å². The third-order valence-corrected chi connectivity index (χ3v) is 6.18. The summed E-state index contributed by atoms with van der Waals surface area (Å²) >= 11 is 0. The maximum Gasteiger partial charge on any atom is 0.417 e. The molecule has 1 saturated heterocycles. The van der Waals surface area contributed by atoms with Crippen LogP contribution in [0.3, 0.4) is 0 Å². The number of hydrogen-bond acceptors (Lipinski definition) is 6. The molecule has 2 heterocycles. The number of aryl methyl sites for hydroxylation is 1. The van der Waals surface area contributed by atoms with E-state index in [1.807, 2.05) is 30.5 Å². The Morgan fingerprint density at radius 2 is 1.82 bits per heavy atom. The summed E-state index contributed by atoms with van der Waals surface area (Å²) in [6, 6.07) is 13.9. The summed E-state index contributed by atoms with van der Waals surface area (Å²) in [5, 5.41) is 9.92. The molecule has 1 aliphatic rings. The molecule has 0 amide bonds. The van der Waals surface area contributed by atoms with Gasteiger partial charge in [0, 0.05) is 55.5 Å². The molecule has 33 heavy (non-hydrogen) atoms. The third-order valence-electron chi connectivity index (χ3n) is 6.18. The molecule has 0 saturated carbocycles. The number of piperazine rings is 1. The molecule has 0 bridgehead atoms. The molecule has 2 aromatic carbocycles. The highest BCUT2D eigenvalue weighted by molar-refractivity contribution is 6.28. The van der Waals surface area contributed by atoms with Crippen LogP contribution < -0.4 is 9.64 Å². The summed E-state index contributed by atoms with van der Waals surface area (Å²) in [5.41, 5.74) is 4.73. The van der Waals surface area contributed by atoms with Crippen LogP contribution in [-0.4, -0.2) is 72.4 Å². The zero-order chi connectivity index (χ0) is 23.4. The topological polar surface area (TPSA) is 95.1 Å². The fourth-order valence-electron chi connectivity index (χ4n) is 4.23. The number of esters is 1. The van der Waals surface area contributed by atoms with Gasteiger partial charge >= 0.3 is 11.9 Å². The normalized spacial score (nSPS) is 15.4. The lowest BCUT2D eigenvalue weighted by Gasteiger charge is -2.38. The van der Waals surface area contributed by atoms with Crippen LogP contribution in [0.4, 0.5) is 5.69 Å². The Bertz CT molecular complexity index is 1130. The number of benzene rings is 2. The third kappa shape index (κ3) is 5.28. The van der Waals surface area contributed by atoms with E-state index in [0.717, 1.165) is 37.1 Å². The van der Waals surface area contributed by atoms with Gasteiger partial charge in [0.05, 0.1) is 0 Å². The molecule has 3 aromatic rings. The van der Waals surface area contributed by atoms with Crippen molar-refractivity contribution in [1.82, 2.24) is 9.88 Å². The number of anilines is 1. The largest absolute Gasteiger partial charge is 0.489 e. The van der Waals surface area contributed by atoms with Crippen LogP contribution in [0.1, 0.15) is 11.1 Å². The van der Waals surface area contributed by atoms with Crippen molar-refractivity contribution in [3.8, 4) is 5.75 Å². The maximum absolute atomic E-state index is 11.8. The van der Waals surface area contributed by atoms with Crippen molar-refractivity contribution >= 4 is 28.5 Å². The van der Waals surface area contributed by atoms with Crippen molar-refractivity contribution in [2.24, 2.45) is 0 Å². The lowest BCUT2D eigenvalue weighted by Crippen LogP contribution is -2.50. The molecule has 0 unspecified atom stereocenters. The zero-order valence-corrected chi connectivity index (χ0v) is 18.9. The Morgan fingerprint density at radius 1 is 1.06 bits per heavy atom. The van der Waals surface area contributed by atoms with Crippen LogP contribution in [0.25, 0.3) is 10.9 Å². The average Bonchev–Trinajstić information content (AvgIpc) is 3.29. The lowest BCUT2D eigenvalue weighted by molar-refractivity contribution is -0.169. The van der Waals surface area contributed by atoms with Crippen LogP contribution in [-0.2, 0) is 14.3 Å². The number of rotatable bonds is 7. The molecule has 4 rings (SSSR count). The van der Waals surface area contributed by atoms with Crippen LogP contribution >= 0.6 is 0 Å². The van der Waals surface area contributed by atoms with Gasteiger partial charge in [-0.05, 0) is 49.2 Å². The fraction of sp³-hybridized carbons (Fsp3) is 0.360. The summed E-state index contributed by atoms with van der Waals surface area (Å²) in [6.45, 7) is 7.97. The molecule has 1 aromatic heterocycles. The van der Waals surface area contributed by atoms with Gasteiger partial charge in [0.15, 0.2) is 0 Å². The molecule has 1 aliphatic heterocycles. The van der Waals surface area contributed by atoms with E-state index < -0.39 is 18.0 Å². The Hall–Kier alpha value is -3.52. The van der Waals surface area contributed by atoms with Gasteiger partial charge in [-0.3, -0.25) is 4.90 Å². The van der Waals surface area contributed by atoms with E-state index in [2.05, 4.69) is 46.8 Å². The summed E-state index contributed by atoms with van der Waals surface area (Å²) < 4.78 is 11.2. The van der Waals surface area contributed by atoms with Gasteiger partial charge in [-0.2, -0.15) is 0 Å². The average molecular weight is 452 g/mol. The molecule has 1 atom stereocenters. The van der Waals surface area contributed by atoms with Gasteiger partial charge in [-0.1, -0.05) is 18.2 Å². The lowest BCUT2D eigenvalue weighted by atomic mass is 10.1. The number of carboxylic acids is 1. The number of nitrogens with zero attached hydrogens (tertiary/aromatic N) is 2. The molecular formula is C25H29N3O5. The second-order valence-electron chi connectivity index (χ2n) is 8.35. The Morgan fingerprint density at radius 3 is 2.58 bits per heavy atom. The van der Waals surface area contributed by atoms with Crippen molar-refractivity contribution in [2.45, 2.75) is 20.0 Å². The number of carboxylic acid groups (broad SMARTS) is 1. The van der Waals surface area contributed by atoms with Gasteiger partial charge in [-0.25, -0.2) is 9.59 Å². The van der Waals surface area contributed by atoms with Crippen LogP contribution in [0.15, 0.2) is 48.7 Å². The number of fused-ring (bicyclic) bond motifs is 1. The van der Waals surface area contributed by atoms with Crippen molar-refractivity contribution < 1.29 is 24.2 Å². The quantitative estimate of drug-likeness (QED) is 0.421. The first-order valence-electron chi connectivity index (χ1n) is 11.1. The first kappa shape index (κ1) is 22.7. The molecular weight excluding hydrogens is 422 g/mol. The van der Waals surface area contributed by atoms with Crippen LogP contribution in [0.2, 0.25) is 0 Å². The fourth-order valence-corrected chi connectivity index (χ4v) is 4.23. The van der Waals surface area contributed by atoms with Gasteiger partial charge in [0.25, 0.3) is 0 Å². The number of H-pyrrole nitrogens is 1. The second-order valence-corrected chi connectivity index (χ2v) is 8.35. The zero-order valence-electron chi connectivity index (χ0n) is 18.9. The number of ether oxygens (including phenoxy) is 2. The van der Waals surface area contributed by atoms with E-state index in [4.69, 9.17) is 14.6 Å². The summed E-state index contributed by atoms with van der Waals surface area (Å²) in [5.74, 6) is -2.21. The summed E-state index contributed by atoms with van der Waals surface area (Å²) in [7, 11) is 0. The smallest absolute Gasteiger partial charge is 0.417 e. The highest BCUT2D eigenvalue weighted by atomic mass is 16.6. The van der Waals surface area contributed by atoms with E-state index in [1.165, 1.54) is 16.8 Å². The first-order valence-corrected chi connectivity index (χ1v) is 11.1. The van der Waals surface area contributed by atoms with Crippen molar-refractivity contribution in [1.29, 1.82) is 0 Å². The molecule has 0 spiro atoms. The Labute approximate surface area is 192 Å².